The number of hydrogen-bond donors (Lipinski definition) is 1. The van der Waals surface area contributed by atoms with Crippen LogP contribution in [-0.2, 0) is 12.3 Å². The number of aryl methyl sites for hydroxylation is 1. The van der Waals surface area contributed by atoms with Gasteiger partial charge in [-0.1, -0.05) is 13.8 Å². The van der Waals surface area contributed by atoms with Crippen molar-refractivity contribution in [3.63, 3.8) is 0 Å². The summed E-state index contributed by atoms with van der Waals surface area (Å²) < 4.78 is 1.83. The minimum atomic E-state index is 0.646. The zero-order valence-electron chi connectivity index (χ0n) is 8.45. The fourth-order valence-electron chi connectivity index (χ4n) is 1.06. The number of anilines is 1. The summed E-state index contributed by atoms with van der Waals surface area (Å²) in [4.78, 5) is 0. The zero-order valence-corrected chi connectivity index (χ0v) is 9.27. The van der Waals surface area contributed by atoms with Crippen molar-refractivity contribution in [2.75, 3.05) is 5.73 Å². The van der Waals surface area contributed by atoms with Crippen LogP contribution >= 0.6 is 11.8 Å². The summed E-state index contributed by atoms with van der Waals surface area (Å²) >= 11 is 1.89. The third kappa shape index (κ3) is 2.95. The predicted octanol–water partition coefficient (Wildman–Crippen LogP) is 2.13. The molecule has 0 spiro atoms. The highest BCUT2D eigenvalue weighted by molar-refractivity contribution is 7.99. The smallest absolute Gasteiger partial charge is 0.121 e. The lowest BCUT2D eigenvalue weighted by Gasteiger charge is -2.00. The molecule has 0 aliphatic rings. The lowest BCUT2D eigenvalue weighted by molar-refractivity contribution is 0.662. The van der Waals surface area contributed by atoms with Gasteiger partial charge in [-0.05, 0) is 12.2 Å². The van der Waals surface area contributed by atoms with Crippen LogP contribution in [0.4, 0.5) is 5.82 Å². The molecule has 3 nitrogen and oxygen atoms in total. The van der Waals surface area contributed by atoms with E-state index in [1.54, 1.807) is 0 Å². The van der Waals surface area contributed by atoms with Gasteiger partial charge in [0.1, 0.15) is 5.82 Å². The van der Waals surface area contributed by atoms with Crippen molar-refractivity contribution in [3.05, 3.63) is 11.8 Å². The molecule has 0 fully saturated rings. The van der Waals surface area contributed by atoms with Crippen molar-refractivity contribution >= 4 is 17.6 Å². The molecular formula is C9H17N3S. The Morgan fingerprint density at radius 2 is 2.31 bits per heavy atom. The molecule has 0 saturated heterocycles. The Balaban J connectivity index is 2.57. The molecule has 1 aromatic heterocycles. The molecule has 4 heteroatoms. The van der Waals surface area contributed by atoms with E-state index in [0.717, 1.165) is 23.8 Å². The van der Waals surface area contributed by atoms with E-state index < -0.39 is 0 Å². The highest BCUT2D eigenvalue weighted by Crippen LogP contribution is 2.17. The lowest BCUT2D eigenvalue weighted by atomic mass is 10.5. The number of nitrogen functional groups attached to an aromatic ring is 1. The Bertz CT molecular complexity index is 268. The first-order valence-electron chi connectivity index (χ1n) is 4.57. The van der Waals surface area contributed by atoms with Gasteiger partial charge in [0, 0.05) is 18.4 Å². The van der Waals surface area contributed by atoms with Crippen LogP contribution in [0.25, 0.3) is 0 Å². The summed E-state index contributed by atoms with van der Waals surface area (Å²) in [6, 6.07) is 1.96. The van der Waals surface area contributed by atoms with Crippen LogP contribution in [0.2, 0.25) is 0 Å². The molecular weight excluding hydrogens is 182 g/mol. The predicted molar refractivity (Wildman–Crippen MR) is 58.7 cm³/mol. The summed E-state index contributed by atoms with van der Waals surface area (Å²) in [5, 5.41) is 5.02. The summed E-state index contributed by atoms with van der Waals surface area (Å²) in [6.07, 6.45) is 0. The van der Waals surface area contributed by atoms with Gasteiger partial charge in [-0.15, -0.1) is 0 Å². The van der Waals surface area contributed by atoms with Crippen molar-refractivity contribution in [2.45, 2.75) is 38.3 Å². The zero-order chi connectivity index (χ0) is 9.84. The molecule has 0 saturated carbocycles. The molecule has 1 rings (SSSR count). The van der Waals surface area contributed by atoms with Crippen LogP contribution < -0.4 is 5.73 Å². The minimum Gasteiger partial charge on any atom is -0.384 e. The maximum Gasteiger partial charge on any atom is 0.121 e. The minimum absolute atomic E-state index is 0.646. The van der Waals surface area contributed by atoms with Crippen LogP contribution in [0, 0.1) is 0 Å². The summed E-state index contributed by atoms with van der Waals surface area (Å²) in [5.41, 5.74) is 6.83. The molecule has 0 atom stereocenters. The van der Waals surface area contributed by atoms with Gasteiger partial charge in [-0.25, -0.2) is 0 Å². The fourth-order valence-corrected chi connectivity index (χ4v) is 1.71. The third-order valence-corrected chi connectivity index (χ3v) is 2.85. The maximum atomic E-state index is 5.75. The average Bonchev–Trinajstić information content (AvgIpc) is 2.43. The molecule has 2 N–H and O–H groups in total. The van der Waals surface area contributed by atoms with Gasteiger partial charge in [0.05, 0.1) is 5.69 Å². The molecule has 1 aromatic rings. The summed E-state index contributed by atoms with van der Waals surface area (Å²) in [5.74, 6) is 1.72. The van der Waals surface area contributed by atoms with E-state index in [1.165, 1.54) is 0 Å². The van der Waals surface area contributed by atoms with Crippen molar-refractivity contribution in [1.82, 2.24) is 9.78 Å². The molecule has 0 aliphatic carbocycles. The number of rotatable bonds is 4. The molecule has 0 aromatic carbocycles. The van der Waals surface area contributed by atoms with E-state index in [-0.39, 0.29) is 0 Å². The van der Waals surface area contributed by atoms with Crippen molar-refractivity contribution in [2.24, 2.45) is 0 Å². The van der Waals surface area contributed by atoms with Crippen molar-refractivity contribution < 1.29 is 0 Å². The summed E-state index contributed by atoms with van der Waals surface area (Å²) in [6.45, 7) is 7.26. The van der Waals surface area contributed by atoms with Crippen LogP contribution in [0.15, 0.2) is 6.07 Å². The normalized spacial score (nSPS) is 11.1. The van der Waals surface area contributed by atoms with E-state index in [9.17, 15) is 0 Å². The molecule has 0 bridgehead atoms. The summed E-state index contributed by atoms with van der Waals surface area (Å²) in [7, 11) is 0. The van der Waals surface area contributed by atoms with Crippen LogP contribution in [0.3, 0.4) is 0 Å². The topological polar surface area (TPSA) is 43.8 Å². The maximum absolute atomic E-state index is 5.75. The van der Waals surface area contributed by atoms with E-state index in [0.29, 0.717) is 5.25 Å². The number of hydrogen-bond acceptors (Lipinski definition) is 3. The molecule has 0 aliphatic heterocycles. The molecule has 13 heavy (non-hydrogen) atoms. The van der Waals surface area contributed by atoms with Gasteiger partial charge >= 0.3 is 0 Å². The highest BCUT2D eigenvalue weighted by atomic mass is 32.2. The van der Waals surface area contributed by atoms with E-state index in [4.69, 9.17) is 5.73 Å². The van der Waals surface area contributed by atoms with Gasteiger partial charge < -0.3 is 5.73 Å². The Labute approximate surface area is 83.7 Å². The lowest BCUT2D eigenvalue weighted by Crippen LogP contribution is -2.01. The van der Waals surface area contributed by atoms with E-state index >= 15 is 0 Å². The Hall–Kier alpha value is -0.640. The first-order chi connectivity index (χ1) is 6.13. The fraction of sp³-hybridized carbons (Fsp3) is 0.667. The van der Waals surface area contributed by atoms with Crippen LogP contribution in [0.1, 0.15) is 26.5 Å². The Kier molecular flexibility index (Phi) is 3.66. The first-order valence-corrected chi connectivity index (χ1v) is 5.62. The van der Waals surface area contributed by atoms with E-state index in [1.807, 2.05) is 29.4 Å². The SMILES string of the molecule is CCn1nc(CSC(C)C)cc1N. The molecule has 0 unspecified atom stereocenters. The number of nitrogens with two attached hydrogens (primary N) is 1. The number of thioether (sulfide) groups is 1. The van der Waals surface area contributed by atoms with E-state index in [2.05, 4.69) is 18.9 Å². The number of aromatic nitrogens is 2. The standard InChI is InChI=1S/C9H17N3S/c1-4-12-9(10)5-8(11-12)6-13-7(2)3/h5,7H,4,6,10H2,1-3H3. The molecule has 0 radical (unpaired) electrons. The van der Waals surface area contributed by atoms with Crippen LogP contribution in [0.5, 0.6) is 0 Å². The molecule has 0 amide bonds. The Morgan fingerprint density at radius 3 is 2.77 bits per heavy atom. The number of nitrogens with zero attached hydrogens (tertiary/aromatic N) is 2. The van der Waals surface area contributed by atoms with Gasteiger partial charge in [0.25, 0.3) is 0 Å². The first kappa shape index (κ1) is 10.4. The molecule has 74 valence electrons. The van der Waals surface area contributed by atoms with Gasteiger partial charge in [0.2, 0.25) is 0 Å². The second-order valence-corrected chi connectivity index (χ2v) is 4.80. The largest absolute Gasteiger partial charge is 0.384 e. The van der Waals surface area contributed by atoms with Crippen molar-refractivity contribution in [3.8, 4) is 0 Å². The Morgan fingerprint density at radius 1 is 1.62 bits per heavy atom. The quantitative estimate of drug-likeness (QED) is 0.808. The monoisotopic (exact) mass is 199 g/mol. The van der Waals surface area contributed by atoms with Gasteiger partial charge in [-0.3, -0.25) is 4.68 Å². The van der Waals surface area contributed by atoms with Crippen LogP contribution in [-0.4, -0.2) is 15.0 Å². The van der Waals surface area contributed by atoms with Gasteiger partial charge in [0.15, 0.2) is 0 Å². The second kappa shape index (κ2) is 4.56. The van der Waals surface area contributed by atoms with Gasteiger partial charge in [-0.2, -0.15) is 16.9 Å². The highest BCUT2D eigenvalue weighted by Gasteiger charge is 2.04. The van der Waals surface area contributed by atoms with Crippen molar-refractivity contribution in [1.29, 1.82) is 0 Å². The third-order valence-electron chi connectivity index (χ3n) is 1.73. The molecule has 1 heterocycles. The average molecular weight is 199 g/mol. The second-order valence-electron chi connectivity index (χ2n) is 3.24.